The highest BCUT2D eigenvalue weighted by molar-refractivity contribution is 5.95. The van der Waals surface area contributed by atoms with Crippen LogP contribution < -0.4 is 15.5 Å². The van der Waals surface area contributed by atoms with E-state index in [0.29, 0.717) is 48.9 Å². The van der Waals surface area contributed by atoms with Crippen LogP contribution in [0.2, 0.25) is 0 Å². The standard InChI is InChI=1S/C29H29N3O4/c1-2-36-22-13-11-20(12-14-22)29(35)31-17-15-21(16-18-31)30-27(33)19-32-25-9-5-3-7-23(25)28(34)24-8-4-6-10-26(24)32/h3-14,21H,2,15-19H2,1H3,(H,30,33). The monoisotopic (exact) mass is 483 g/mol. The van der Waals surface area contributed by atoms with Gasteiger partial charge in [0.05, 0.1) is 17.6 Å². The molecule has 7 heteroatoms. The second-order valence-electron chi connectivity index (χ2n) is 9.04. The largest absolute Gasteiger partial charge is 0.494 e. The predicted molar refractivity (Wildman–Crippen MR) is 140 cm³/mol. The van der Waals surface area contributed by atoms with E-state index in [9.17, 15) is 14.4 Å². The van der Waals surface area contributed by atoms with Gasteiger partial charge in [-0.05, 0) is 68.3 Å². The summed E-state index contributed by atoms with van der Waals surface area (Å²) >= 11 is 0. The molecule has 1 fully saturated rings. The third-order valence-corrected chi connectivity index (χ3v) is 6.74. The number of hydrogen-bond donors (Lipinski definition) is 1. The Bertz CT molecular complexity index is 1410. The van der Waals surface area contributed by atoms with Crippen LogP contribution in [0, 0.1) is 0 Å². The van der Waals surface area contributed by atoms with Gasteiger partial charge in [0.15, 0.2) is 5.43 Å². The lowest BCUT2D eigenvalue weighted by Crippen LogP contribution is -2.47. The Labute approximate surface area is 209 Å². The Balaban J connectivity index is 1.25. The lowest BCUT2D eigenvalue weighted by molar-refractivity contribution is -0.122. The Kier molecular flexibility index (Phi) is 6.71. The topological polar surface area (TPSA) is 80.6 Å². The Morgan fingerprint density at radius 3 is 2.06 bits per heavy atom. The van der Waals surface area contributed by atoms with Crippen LogP contribution in [0.5, 0.6) is 5.75 Å². The van der Waals surface area contributed by atoms with Gasteiger partial charge in [-0.3, -0.25) is 14.4 Å². The van der Waals surface area contributed by atoms with Crippen molar-refractivity contribution in [2.45, 2.75) is 32.4 Å². The molecule has 0 bridgehead atoms. The fraction of sp³-hybridized carbons (Fsp3) is 0.276. The molecule has 5 rings (SSSR count). The minimum absolute atomic E-state index is 0.00112. The first kappa shape index (κ1) is 23.6. The van der Waals surface area contributed by atoms with Gasteiger partial charge in [0, 0.05) is 35.5 Å². The number of fused-ring (bicyclic) bond motifs is 2. The number of nitrogens with one attached hydrogen (secondary N) is 1. The first-order valence-corrected chi connectivity index (χ1v) is 12.4. The van der Waals surface area contributed by atoms with Crippen molar-refractivity contribution in [3.8, 4) is 5.75 Å². The van der Waals surface area contributed by atoms with Crippen LogP contribution in [-0.4, -0.2) is 47.0 Å². The molecule has 0 spiro atoms. The molecule has 1 N–H and O–H groups in total. The van der Waals surface area contributed by atoms with Gasteiger partial charge in [-0.25, -0.2) is 0 Å². The van der Waals surface area contributed by atoms with E-state index in [0.717, 1.165) is 16.8 Å². The summed E-state index contributed by atoms with van der Waals surface area (Å²) in [6.07, 6.45) is 1.39. The summed E-state index contributed by atoms with van der Waals surface area (Å²) in [5.74, 6) is 0.637. The number of piperidine rings is 1. The summed E-state index contributed by atoms with van der Waals surface area (Å²) in [4.78, 5) is 40.7. The van der Waals surface area contributed by atoms with Crippen molar-refractivity contribution in [3.05, 3.63) is 88.6 Å². The van der Waals surface area contributed by atoms with E-state index in [2.05, 4.69) is 5.32 Å². The molecule has 0 atom stereocenters. The van der Waals surface area contributed by atoms with Crippen LogP contribution in [-0.2, 0) is 11.3 Å². The number of pyridine rings is 1. The molecule has 1 aliphatic rings. The molecular weight excluding hydrogens is 454 g/mol. The molecule has 1 aliphatic heterocycles. The second kappa shape index (κ2) is 10.2. The molecule has 184 valence electrons. The maximum atomic E-state index is 13.1. The van der Waals surface area contributed by atoms with Gasteiger partial charge in [-0.2, -0.15) is 0 Å². The van der Waals surface area contributed by atoms with Crippen molar-refractivity contribution in [2.75, 3.05) is 19.7 Å². The highest BCUT2D eigenvalue weighted by Gasteiger charge is 2.25. The number of ether oxygens (including phenoxy) is 1. The zero-order valence-electron chi connectivity index (χ0n) is 20.3. The summed E-state index contributed by atoms with van der Waals surface area (Å²) in [5, 5.41) is 4.34. The quantitative estimate of drug-likeness (QED) is 0.421. The third-order valence-electron chi connectivity index (χ3n) is 6.74. The second-order valence-corrected chi connectivity index (χ2v) is 9.04. The van der Waals surface area contributed by atoms with E-state index >= 15 is 0 Å². The van der Waals surface area contributed by atoms with Gasteiger partial charge in [0.25, 0.3) is 5.91 Å². The molecule has 36 heavy (non-hydrogen) atoms. The molecule has 0 aliphatic carbocycles. The molecule has 1 saturated heterocycles. The Hall–Kier alpha value is -4.13. The van der Waals surface area contributed by atoms with Crippen molar-refractivity contribution < 1.29 is 14.3 Å². The first-order valence-electron chi connectivity index (χ1n) is 12.4. The minimum Gasteiger partial charge on any atom is -0.494 e. The molecule has 1 aromatic heterocycles. The first-order chi connectivity index (χ1) is 17.5. The average molecular weight is 484 g/mol. The summed E-state index contributed by atoms with van der Waals surface area (Å²) in [6.45, 7) is 3.79. The van der Waals surface area contributed by atoms with E-state index in [4.69, 9.17) is 4.74 Å². The van der Waals surface area contributed by atoms with Crippen LogP contribution >= 0.6 is 0 Å². The lowest BCUT2D eigenvalue weighted by Gasteiger charge is -2.32. The molecule has 2 heterocycles. The van der Waals surface area contributed by atoms with Crippen molar-refractivity contribution >= 4 is 33.6 Å². The molecule has 4 aromatic rings. The molecular formula is C29H29N3O4. The molecule has 0 saturated carbocycles. The van der Waals surface area contributed by atoms with E-state index in [1.54, 1.807) is 24.3 Å². The Morgan fingerprint density at radius 2 is 1.47 bits per heavy atom. The van der Waals surface area contributed by atoms with Crippen LogP contribution in [0.25, 0.3) is 21.8 Å². The SMILES string of the molecule is CCOc1ccc(C(=O)N2CCC(NC(=O)Cn3c4ccccc4c(=O)c4ccccc43)CC2)cc1. The van der Waals surface area contributed by atoms with Crippen LogP contribution in [0.3, 0.4) is 0 Å². The number of likely N-dealkylation sites (tertiary alicyclic amines) is 1. The normalized spacial score (nSPS) is 14.2. The van der Waals surface area contributed by atoms with E-state index in [1.165, 1.54) is 0 Å². The summed E-state index contributed by atoms with van der Waals surface area (Å²) in [5.41, 5.74) is 2.10. The number of hydrogen-bond acceptors (Lipinski definition) is 4. The fourth-order valence-corrected chi connectivity index (χ4v) is 4.93. The third kappa shape index (κ3) is 4.69. The van der Waals surface area contributed by atoms with Crippen molar-refractivity contribution in [3.63, 3.8) is 0 Å². The van der Waals surface area contributed by atoms with Crippen molar-refractivity contribution in [1.29, 1.82) is 0 Å². The maximum Gasteiger partial charge on any atom is 0.253 e. The number of benzene rings is 3. The van der Waals surface area contributed by atoms with Gasteiger partial charge < -0.3 is 19.5 Å². The maximum absolute atomic E-state index is 13.1. The van der Waals surface area contributed by atoms with E-state index in [1.807, 2.05) is 64.9 Å². The molecule has 3 aromatic carbocycles. The smallest absolute Gasteiger partial charge is 0.253 e. The number of aromatic nitrogens is 1. The highest BCUT2D eigenvalue weighted by Crippen LogP contribution is 2.20. The average Bonchev–Trinajstić information content (AvgIpc) is 2.92. The number of amides is 2. The van der Waals surface area contributed by atoms with Crippen LogP contribution in [0.4, 0.5) is 0 Å². The van der Waals surface area contributed by atoms with E-state index in [-0.39, 0.29) is 29.8 Å². The zero-order chi connectivity index (χ0) is 25.1. The summed E-state index contributed by atoms with van der Waals surface area (Å²) in [6, 6.07) is 22.0. The fourth-order valence-electron chi connectivity index (χ4n) is 4.93. The van der Waals surface area contributed by atoms with Crippen molar-refractivity contribution in [2.24, 2.45) is 0 Å². The number of para-hydroxylation sites is 2. The molecule has 7 nitrogen and oxygen atoms in total. The summed E-state index contributed by atoms with van der Waals surface area (Å²) < 4.78 is 7.36. The number of carbonyl (C=O) groups excluding carboxylic acids is 2. The predicted octanol–water partition coefficient (Wildman–Crippen LogP) is 3.97. The number of carbonyl (C=O) groups is 2. The minimum atomic E-state index is -0.106. The molecule has 2 amide bonds. The zero-order valence-corrected chi connectivity index (χ0v) is 20.3. The van der Waals surface area contributed by atoms with Gasteiger partial charge in [-0.15, -0.1) is 0 Å². The molecule has 0 radical (unpaired) electrons. The summed E-state index contributed by atoms with van der Waals surface area (Å²) in [7, 11) is 0. The number of rotatable bonds is 6. The Morgan fingerprint density at radius 1 is 0.889 bits per heavy atom. The lowest BCUT2D eigenvalue weighted by atomic mass is 10.0. The van der Waals surface area contributed by atoms with Gasteiger partial charge in [-0.1, -0.05) is 24.3 Å². The van der Waals surface area contributed by atoms with E-state index < -0.39 is 0 Å². The van der Waals surface area contributed by atoms with Crippen LogP contribution in [0.1, 0.15) is 30.1 Å². The van der Waals surface area contributed by atoms with Gasteiger partial charge in [0.1, 0.15) is 12.3 Å². The van der Waals surface area contributed by atoms with Crippen LogP contribution in [0.15, 0.2) is 77.6 Å². The van der Waals surface area contributed by atoms with Crippen molar-refractivity contribution in [1.82, 2.24) is 14.8 Å². The highest BCUT2D eigenvalue weighted by atomic mass is 16.5. The number of nitrogens with zero attached hydrogens (tertiary/aromatic N) is 2. The van der Waals surface area contributed by atoms with Gasteiger partial charge in [0.2, 0.25) is 5.91 Å². The van der Waals surface area contributed by atoms with Gasteiger partial charge >= 0.3 is 0 Å². The molecule has 0 unspecified atom stereocenters.